The van der Waals surface area contributed by atoms with E-state index in [9.17, 15) is 22.4 Å². The van der Waals surface area contributed by atoms with Crippen LogP contribution in [0.5, 0.6) is 5.75 Å². The highest BCUT2D eigenvalue weighted by Gasteiger charge is 2.30. The van der Waals surface area contributed by atoms with Gasteiger partial charge in [-0.15, -0.1) is 0 Å². The zero-order chi connectivity index (χ0) is 27.0. The molecule has 0 aliphatic heterocycles. The molecule has 3 rings (SSSR count). The van der Waals surface area contributed by atoms with Gasteiger partial charge in [0.25, 0.3) is 0 Å². The van der Waals surface area contributed by atoms with Gasteiger partial charge in [-0.25, -0.2) is 12.8 Å². The third-order valence-electron chi connectivity index (χ3n) is 5.76. The second-order valence-electron chi connectivity index (χ2n) is 8.44. The van der Waals surface area contributed by atoms with E-state index < -0.39 is 40.2 Å². The number of anilines is 1. The first-order chi connectivity index (χ1) is 17.6. The van der Waals surface area contributed by atoms with Crippen molar-refractivity contribution in [2.45, 2.75) is 26.1 Å². The Morgan fingerprint density at radius 2 is 1.59 bits per heavy atom. The van der Waals surface area contributed by atoms with E-state index in [4.69, 9.17) is 4.74 Å². The molecular formula is C27H30FN3O5S. The molecule has 0 spiro atoms. The van der Waals surface area contributed by atoms with Gasteiger partial charge in [0.1, 0.15) is 30.8 Å². The largest absolute Gasteiger partial charge is 0.489 e. The Morgan fingerprint density at radius 1 is 0.973 bits per heavy atom. The van der Waals surface area contributed by atoms with E-state index in [1.165, 1.54) is 44.3 Å². The number of amides is 2. The lowest BCUT2D eigenvalue weighted by molar-refractivity contribution is -0.139. The smallest absolute Gasteiger partial charge is 0.244 e. The van der Waals surface area contributed by atoms with Gasteiger partial charge >= 0.3 is 0 Å². The fourth-order valence-corrected chi connectivity index (χ4v) is 4.51. The van der Waals surface area contributed by atoms with E-state index in [1.54, 1.807) is 18.2 Å². The molecule has 1 N–H and O–H groups in total. The summed E-state index contributed by atoms with van der Waals surface area (Å²) in [6, 6.07) is 20.8. The summed E-state index contributed by atoms with van der Waals surface area (Å²) in [4.78, 5) is 26.9. The molecule has 0 saturated heterocycles. The molecule has 0 unspecified atom stereocenters. The summed E-state index contributed by atoms with van der Waals surface area (Å²) in [5, 5.41) is 2.47. The van der Waals surface area contributed by atoms with Crippen LogP contribution in [0.1, 0.15) is 18.1 Å². The number of halogens is 1. The summed E-state index contributed by atoms with van der Waals surface area (Å²) < 4.78 is 46.3. The Hall–Kier alpha value is -3.92. The van der Waals surface area contributed by atoms with Gasteiger partial charge in [0.2, 0.25) is 21.8 Å². The van der Waals surface area contributed by atoms with Crippen LogP contribution in [-0.4, -0.2) is 51.0 Å². The number of carbonyl (C=O) groups is 2. The molecule has 0 aromatic heterocycles. The fourth-order valence-electron chi connectivity index (χ4n) is 3.66. The lowest BCUT2D eigenvalue weighted by Crippen LogP contribution is -2.50. The van der Waals surface area contributed by atoms with Crippen LogP contribution in [0.2, 0.25) is 0 Å². The molecule has 0 radical (unpaired) electrons. The van der Waals surface area contributed by atoms with E-state index in [2.05, 4.69) is 5.32 Å². The summed E-state index contributed by atoms with van der Waals surface area (Å²) in [5.41, 5.74) is 1.44. The Bertz CT molecular complexity index is 1320. The van der Waals surface area contributed by atoms with Crippen LogP contribution < -0.4 is 14.4 Å². The van der Waals surface area contributed by atoms with Crippen LogP contribution in [0, 0.1) is 5.82 Å². The van der Waals surface area contributed by atoms with Crippen molar-refractivity contribution in [2.24, 2.45) is 0 Å². The summed E-state index contributed by atoms with van der Waals surface area (Å²) in [6.45, 7) is 1.07. The third-order valence-corrected chi connectivity index (χ3v) is 6.91. The standard InChI is InChI=1S/C27H30FN3O5S/c1-20(27(33)29-2)30(17-22-11-7-8-12-25(22)28)26(32)18-31(37(3,34)35)23-13-15-24(16-14-23)36-19-21-9-5-4-6-10-21/h4-16,20H,17-19H2,1-3H3,(H,29,33)/t20-/m0/s1. The highest BCUT2D eigenvalue weighted by atomic mass is 32.2. The van der Waals surface area contributed by atoms with Crippen molar-refractivity contribution < 1.29 is 27.1 Å². The zero-order valence-electron chi connectivity index (χ0n) is 20.9. The van der Waals surface area contributed by atoms with Crippen molar-refractivity contribution in [3.63, 3.8) is 0 Å². The Morgan fingerprint density at radius 3 is 2.19 bits per heavy atom. The summed E-state index contributed by atoms with van der Waals surface area (Å²) >= 11 is 0. The van der Waals surface area contributed by atoms with Crippen LogP contribution in [-0.2, 0) is 32.8 Å². The van der Waals surface area contributed by atoms with Crippen molar-refractivity contribution in [1.82, 2.24) is 10.2 Å². The Balaban J connectivity index is 1.81. The van der Waals surface area contributed by atoms with Gasteiger partial charge < -0.3 is 15.0 Å². The third kappa shape index (κ3) is 7.53. The maximum atomic E-state index is 14.3. The van der Waals surface area contributed by atoms with Crippen molar-refractivity contribution in [2.75, 3.05) is 24.2 Å². The quantitative estimate of drug-likeness (QED) is 0.413. The van der Waals surface area contributed by atoms with Gasteiger partial charge in [0.15, 0.2) is 0 Å². The lowest BCUT2D eigenvalue weighted by Gasteiger charge is -2.31. The number of likely N-dealkylation sites (N-methyl/N-ethyl adjacent to an activating group) is 1. The van der Waals surface area contributed by atoms with E-state index in [-0.39, 0.29) is 17.8 Å². The average Bonchev–Trinajstić information content (AvgIpc) is 2.89. The summed E-state index contributed by atoms with van der Waals surface area (Å²) in [5.74, 6) is -1.12. The van der Waals surface area contributed by atoms with Crippen molar-refractivity contribution in [1.29, 1.82) is 0 Å². The van der Waals surface area contributed by atoms with Gasteiger partial charge in [-0.1, -0.05) is 48.5 Å². The maximum Gasteiger partial charge on any atom is 0.244 e. The molecule has 3 aromatic carbocycles. The van der Waals surface area contributed by atoms with Crippen molar-refractivity contribution in [3.05, 3.63) is 95.8 Å². The van der Waals surface area contributed by atoms with Gasteiger partial charge in [-0.05, 0) is 42.8 Å². The second-order valence-corrected chi connectivity index (χ2v) is 10.3. The molecule has 8 nitrogen and oxygen atoms in total. The second kappa shape index (κ2) is 12.4. The van der Waals surface area contributed by atoms with E-state index >= 15 is 0 Å². The van der Waals surface area contributed by atoms with Crippen LogP contribution in [0.4, 0.5) is 10.1 Å². The van der Waals surface area contributed by atoms with Crippen molar-refractivity contribution in [3.8, 4) is 5.75 Å². The molecule has 37 heavy (non-hydrogen) atoms. The number of nitrogens with zero attached hydrogens (tertiary/aromatic N) is 2. The normalized spacial score (nSPS) is 11.9. The van der Waals surface area contributed by atoms with Crippen LogP contribution in [0.15, 0.2) is 78.9 Å². The average molecular weight is 528 g/mol. The minimum atomic E-state index is -3.88. The molecule has 0 aliphatic carbocycles. The fraction of sp³-hybridized carbons (Fsp3) is 0.259. The highest BCUT2D eigenvalue weighted by Crippen LogP contribution is 2.23. The Labute approximate surface area is 216 Å². The van der Waals surface area contributed by atoms with Gasteiger partial charge in [-0.2, -0.15) is 0 Å². The first-order valence-electron chi connectivity index (χ1n) is 11.6. The van der Waals surface area contributed by atoms with Crippen LogP contribution >= 0.6 is 0 Å². The highest BCUT2D eigenvalue weighted by molar-refractivity contribution is 7.92. The summed E-state index contributed by atoms with van der Waals surface area (Å²) in [7, 11) is -2.45. The molecule has 0 fully saturated rings. The zero-order valence-corrected chi connectivity index (χ0v) is 21.7. The van der Waals surface area contributed by atoms with Crippen LogP contribution in [0.25, 0.3) is 0 Å². The predicted molar refractivity (Wildman–Crippen MR) is 140 cm³/mol. The SMILES string of the molecule is CNC(=O)[C@H](C)N(Cc1ccccc1F)C(=O)CN(c1ccc(OCc2ccccc2)cc1)S(C)(=O)=O. The monoisotopic (exact) mass is 527 g/mol. The molecule has 2 amide bonds. The number of carbonyl (C=O) groups excluding carboxylic acids is 2. The van der Waals surface area contributed by atoms with Gasteiger partial charge in [-0.3, -0.25) is 13.9 Å². The first kappa shape index (κ1) is 27.7. The Kier molecular flexibility index (Phi) is 9.24. The van der Waals surface area contributed by atoms with Gasteiger partial charge in [0.05, 0.1) is 11.9 Å². The molecular weight excluding hydrogens is 497 g/mol. The maximum absolute atomic E-state index is 14.3. The minimum absolute atomic E-state index is 0.204. The molecule has 0 bridgehead atoms. The van der Waals surface area contributed by atoms with Crippen LogP contribution in [0.3, 0.4) is 0 Å². The number of nitrogens with one attached hydrogen (secondary N) is 1. The van der Waals surface area contributed by atoms with E-state index in [0.717, 1.165) is 21.0 Å². The number of benzene rings is 3. The van der Waals surface area contributed by atoms with E-state index in [1.807, 2.05) is 30.3 Å². The van der Waals surface area contributed by atoms with E-state index in [0.29, 0.717) is 12.4 Å². The molecule has 196 valence electrons. The predicted octanol–water partition coefficient (Wildman–Crippen LogP) is 3.33. The molecule has 3 aromatic rings. The number of ether oxygens (including phenoxy) is 1. The topological polar surface area (TPSA) is 96.0 Å². The molecule has 0 saturated carbocycles. The number of sulfonamides is 1. The molecule has 0 heterocycles. The molecule has 0 aliphatic rings. The molecule has 1 atom stereocenters. The molecule has 10 heteroatoms. The van der Waals surface area contributed by atoms with Gasteiger partial charge in [0, 0.05) is 19.2 Å². The number of hydrogen-bond donors (Lipinski definition) is 1. The minimum Gasteiger partial charge on any atom is -0.489 e. The lowest BCUT2D eigenvalue weighted by atomic mass is 10.1. The number of hydrogen-bond acceptors (Lipinski definition) is 5. The first-order valence-corrected chi connectivity index (χ1v) is 13.4. The van der Waals surface area contributed by atoms with Crippen molar-refractivity contribution >= 4 is 27.5 Å². The number of rotatable bonds is 11. The summed E-state index contributed by atoms with van der Waals surface area (Å²) in [6.07, 6.45) is 0.990.